The van der Waals surface area contributed by atoms with Gasteiger partial charge >= 0.3 is 0 Å². The van der Waals surface area contributed by atoms with Crippen molar-refractivity contribution in [3.8, 4) is 11.5 Å². The summed E-state index contributed by atoms with van der Waals surface area (Å²) in [5.41, 5.74) is 6.66. The molecule has 20 heavy (non-hydrogen) atoms. The van der Waals surface area contributed by atoms with Crippen molar-refractivity contribution in [3.05, 3.63) is 47.7 Å². The molecule has 1 aromatic carbocycles. The SMILES string of the molecule is COc1ccc(C(=O)Nc2ccc(CN)cn2)cc1O. The smallest absolute Gasteiger partial charge is 0.256 e. The zero-order valence-corrected chi connectivity index (χ0v) is 11.0. The quantitative estimate of drug-likeness (QED) is 0.784. The van der Waals surface area contributed by atoms with Gasteiger partial charge in [0.05, 0.1) is 7.11 Å². The topological polar surface area (TPSA) is 97.5 Å². The van der Waals surface area contributed by atoms with Gasteiger partial charge in [0.25, 0.3) is 5.91 Å². The van der Waals surface area contributed by atoms with Crippen LogP contribution in [0.3, 0.4) is 0 Å². The van der Waals surface area contributed by atoms with Crippen LogP contribution in [0.15, 0.2) is 36.5 Å². The minimum Gasteiger partial charge on any atom is -0.504 e. The van der Waals surface area contributed by atoms with Gasteiger partial charge in [-0.3, -0.25) is 4.79 Å². The number of carbonyl (C=O) groups excluding carboxylic acids is 1. The molecule has 0 unspecified atom stereocenters. The lowest BCUT2D eigenvalue weighted by molar-refractivity contribution is 0.102. The average Bonchev–Trinajstić information content (AvgIpc) is 2.48. The van der Waals surface area contributed by atoms with Gasteiger partial charge in [0.1, 0.15) is 5.82 Å². The van der Waals surface area contributed by atoms with E-state index in [1.807, 2.05) is 0 Å². The molecule has 1 aromatic heterocycles. The fraction of sp³-hybridized carbons (Fsp3) is 0.143. The number of hydrogen-bond acceptors (Lipinski definition) is 5. The van der Waals surface area contributed by atoms with Crippen LogP contribution in [0.5, 0.6) is 11.5 Å². The van der Waals surface area contributed by atoms with E-state index < -0.39 is 0 Å². The van der Waals surface area contributed by atoms with Crippen LogP contribution >= 0.6 is 0 Å². The number of aromatic nitrogens is 1. The molecule has 1 amide bonds. The number of phenols is 1. The first-order valence-corrected chi connectivity index (χ1v) is 5.97. The first-order chi connectivity index (χ1) is 9.63. The monoisotopic (exact) mass is 273 g/mol. The third-order valence-electron chi connectivity index (χ3n) is 2.74. The van der Waals surface area contributed by atoms with Gasteiger partial charge in [-0.25, -0.2) is 4.98 Å². The molecule has 1 heterocycles. The number of phenolic OH excluding ortho intramolecular Hbond substituents is 1. The molecule has 0 saturated carbocycles. The molecule has 0 spiro atoms. The van der Waals surface area contributed by atoms with Gasteiger partial charge in [0.15, 0.2) is 11.5 Å². The van der Waals surface area contributed by atoms with E-state index in [-0.39, 0.29) is 11.7 Å². The first kappa shape index (κ1) is 13.8. The summed E-state index contributed by atoms with van der Waals surface area (Å²) in [5.74, 6) is 0.275. The third-order valence-corrected chi connectivity index (χ3v) is 2.74. The van der Waals surface area contributed by atoms with E-state index in [4.69, 9.17) is 10.5 Å². The summed E-state index contributed by atoms with van der Waals surface area (Å²) in [5, 5.41) is 12.3. The van der Waals surface area contributed by atoms with Gasteiger partial charge in [0.2, 0.25) is 0 Å². The van der Waals surface area contributed by atoms with Crippen LogP contribution in [0, 0.1) is 0 Å². The third kappa shape index (κ3) is 3.04. The second-order valence-electron chi connectivity index (χ2n) is 4.10. The summed E-state index contributed by atoms with van der Waals surface area (Å²) < 4.78 is 4.92. The summed E-state index contributed by atoms with van der Waals surface area (Å²) in [6.45, 7) is 0.396. The Labute approximate surface area is 116 Å². The molecule has 0 saturated heterocycles. The number of nitrogens with one attached hydrogen (secondary N) is 1. The maximum absolute atomic E-state index is 12.0. The summed E-state index contributed by atoms with van der Waals surface area (Å²) in [6, 6.07) is 7.87. The second-order valence-corrected chi connectivity index (χ2v) is 4.10. The highest BCUT2D eigenvalue weighted by Gasteiger charge is 2.10. The Kier molecular flexibility index (Phi) is 4.17. The number of anilines is 1. The Bertz CT molecular complexity index is 612. The number of aromatic hydroxyl groups is 1. The van der Waals surface area contributed by atoms with E-state index in [2.05, 4.69) is 10.3 Å². The van der Waals surface area contributed by atoms with Gasteiger partial charge in [-0.15, -0.1) is 0 Å². The second kappa shape index (κ2) is 6.03. The summed E-state index contributed by atoms with van der Waals surface area (Å²) in [7, 11) is 1.44. The predicted octanol–water partition coefficient (Wildman–Crippen LogP) is 1.51. The van der Waals surface area contributed by atoms with Crippen molar-refractivity contribution in [2.45, 2.75) is 6.54 Å². The molecule has 0 bridgehead atoms. The van der Waals surface area contributed by atoms with Gasteiger partial charge in [-0.2, -0.15) is 0 Å². The Balaban J connectivity index is 2.12. The molecule has 0 fully saturated rings. The van der Waals surface area contributed by atoms with Gasteiger partial charge in [0, 0.05) is 18.3 Å². The number of nitrogens with zero attached hydrogens (tertiary/aromatic N) is 1. The lowest BCUT2D eigenvalue weighted by Crippen LogP contribution is -2.13. The van der Waals surface area contributed by atoms with Gasteiger partial charge < -0.3 is 20.9 Å². The fourth-order valence-corrected chi connectivity index (χ4v) is 1.64. The molecule has 0 aliphatic heterocycles. The number of nitrogens with two attached hydrogens (primary N) is 1. The molecule has 2 rings (SSSR count). The molecule has 0 aliphatic rings. The van der Waals surface area contributed by atoms with E-state index in [0.29, 0.717) is 23.7 Å². The van der Waals surface area contributed by atoms with E-state index in [9.17, 15) is 9.90 Å². The summed E-state index contributed by atoms with van der Waals surface area (Å²) >= 11 is 0. The average molecular weight is 273 g/mol. The lowest BCUT2D eigenvalue weighted by atomic mass is 10.2. The van der Waals surface area contributed by atoms with Crippen molar-refractivity contribution in [1.29, 1.82) is 0 Å². The number of benzene rings is 1. The molecule has 0 radical (unpaired) electrons. The van der Waals surface area contributed by atoms with Crippen LogP contribution in [0.4, 0.5) is 5.82 Å². The summed E-state index contributed by atoms with van der Waals surface area (Å²) in [4.78, 5) is 16.1. The standard InChI is InChI=1S/C14H15N3O3/c1-20-12-4-3-10(6-11(12)18)14(19)17-13-5-2-9(7-15)8-16-13/h2-6,8,18H,7,15H2,1H3,(H,16,17,19). The first-order valence-electron chi connectivity index (χ1n) is 5.97. The van der Waals surface area contributed by atoms with Crippen LogP contribution in [-0.2, 0) is 6.54 Å². The molecule has 4 N–H and O–H groups in total. The molecular weight excluding hydrogens is 258 g/mol. The highest BCUT2D eigenvalue weighted by molar-refractivity contribution is 6.04. The number of pyridine rings is 1. The fourth-order valence-electron chi connectivity index (χ4n) is 1.64. The van der Waals surface area contributed by atoms with Crippen LogP contribution in [0.2, 0.25) is 0 Å². The molecule has 2 aromatic rings. The largest absolute Gasteiger partial charge is 0.504 e. The van der Waals surface area contributed by atoms with Crippen LogP contribution in [0.1, 0.15) is 15.9 Å². The minimum absolute atomic E-state index is 0.0911. The number of methoxy groups -OCH3 is 1. The number of rotatable bonds is 4. The van der Waals surface area contributed by atoms with E-state index in [1.54, 1.807) is 24.4 Å². The maximum Gasteiger partial charge on any atom is 0.256 e. The Morgan fingerprint density at radius 2 is 2.20 bits per heavy atom. The molecule has 104 valence electrons. The van der Waals surface area contributed by atoms with Crippen molar-refractivity contribution in [2.24, 2.45) is 5.73 Å². The Morgan fingerprint density at radius 1 is 1.40 bits per heavy atom. The zero-order chi connectivity index (χ0) is 14.5. The lowest BCUT2D eigenvalue weighted by Gasteiger charge is -2.07. The maximum atomic E-state index is 12.0. The van der Waals surface area contributed by atoms with Crippen molar-refractivity contribution in [3.63, 3.8) is 0 Å². The van der Waals surface area contributed by atoms with Crippen molar-refractivity contribution in [2.75, 3.05) is 12.4 Å². The highest BCUT2D eigenvalue weighted by Crippen LogP contribution is 2.26. The molecular formula is C14H15N3O3. The van der Waals surface area contributed by atoms with Crippen LogP contribution in [-0.4, -0.2) is 23.1 Å². The van der Waals surface area contributed by atoms with Crippen molar-refractivity contribution in [1.82, 2.24) is 4.98 Å². The van der Waals surface area contributed by atoms with E-state index in [0.717, 1.165) is 5.56 Å². The Hall–Kier alpha value is -2.60. The molecule has 6 heteroatoms. The minimum atomic E-state index is -0.365. The van der Waals surface area contributed by atoms with Crippen LogP contribution in [0.25, 0.3) is 0 Å². The van der Waals surface area contributed by atoms with Crippen molar-refractivity contribution < 1.29 is 14.6 Å². The summed E-state index contributed by atoms with van der Waals surface area (Å²) in [6.07, 6.45) is 1.60. The zero-order valence-electron chi connectivity index (χ0n) is 11.0. The number of amides is 1. The van der Waals surface area contributed by atoms with E-state index in [1.165, 1.54) is 19.2 Å². The molecule has 0 atom stereocenters. The number of hydrogen-bond donors (Lipinski definition) is 3. The Morgan fingerprint density at radius 3 is 2.75 bits per heavy atom. The number of carbonyl (C=O) groups is 1. The molecule has 0 aliphatic carbocycles. The van der Waals surface area contributed by atoms with Gasteiger partial charge in [-0.1, -0.05) is 6.07 Å². The van der Waals surface area contributed by atoms with E-state index >= 15 is 0 Å². The highest BCUT2D eigenvalue weighted by atomic mass is 16.5. The van der Waals surface area contributed by atoms with Crippen molar-refractivity contribution >= 4 is 11.7 Å². The van der Waals surface area contributed by atoms with Crippen LogP contribution < -0.4 is 15.8 Å². The normalized spacial score (nSPS) is 10.1. The predicted molar refractivity (Wildman–Crippen MR) is 74.7 cm³/mol. The van der Waals surface area contributed by atoms with Gasteiger partial charge in [-0.05, 0) is 29.8 Å². The number of ether oxygens (including phenoxy) is 1. The molecule has 6 nitrogen and oxygen atoms in total.